The molecule has 11 heteroatoms. The van der Waals surface area contributed by atoms with Crippen LogP contribution in [0.4, 0.5) is 0 Å². The second-order valence-electron chi connectivity index (χ2n) is 3.33. The molecule has 0 aromatic heterocycles. The van der Waals surface area contributed by atoms with Gasteiger partial charge in [0.1, 0.15) is 11.8 Å². The Morgan fingerprint density at radius 2 is 1.55 bits per heavy atom. The van der Waals surface area contributed by atoms with E-state index < -0.39 is 19.8 Å². The molecule has 1 rings (SSSR count). The minimum Gasteiger partial charge on any atom is -1.00 e. The number of hydrogen-bond acceptors (Lipinski definition) is 4. The molecule has 0 aliphatic carbocycles. The average molecular weight is 327 g/mol. The fraction of sp³-hybridized carbons (Fsp3) is 0.222. The average Bonchev–Trinajstić information content (AvgIpc) is 2.18. The molecule has 0 radical (unpaired) electrons. The molecule has 7 N–H and O–H groups in total. The number of carboxylic acids is 1. The molecule has 0 heterocycles. The zero-order valence-corrected chi connectivity index (χ0v) is 16.1. The van der Waals surface area contributed by atoms with Gasteiger partial charge in [-0.05, 0) is 24.1 Å². The first-order valence-electron chi connectivity index (χ1n) is 4.64. The first-order valence-corrected chi connectivity index (χ1v) is 6.20. The van der Waals surface area contributed by atoms with Crippen molar-refractivity contribution >= 4 is 13.8 Å². The van der Waals surface area contributed by atoms with Crippen molar-refractivity contribution in [1.82, 2.24) is 0 Å². The van der Waals surface area contributed by atoms with Crippen LogP contribution in [0, 0.1) is 0 Å². The number of aromatic hydroxyl groups is 1. The van der Waals surface area contributed by atoms with E-state index in [1.165, 1.54) is 12.1 Å². The Kier molecular flexibility index (Phi) is 15.5. The molecular formula is C9H16NNa2O7P. The van der Waals surface area contributed by atoms with Gasteiger partial charge < -0.3 is 33.5 Å². The molecule has 106 valence electrons. The van der Waals surface area contributed by atoms with E-state index in [0.29, 0.717) is 0 Å². The number of nitrogens with two attached hydrogens (primary N) is 1. The molecule has 1 aromatic rings. The third-order valence-electron chi connectivity index (χ3n) is 1.71. The zero-order chi connectivity index (χ0) is 14.3. The zero-order valence-electron chi connectivity index (χ0n) is 13.2. The summed E-state index contributed by atoms with van der Waals surface area (Å²) in [6.07, 6.45) is 0.273. The monoisotopic (exact) mass is 327 g/mol. The summed E-state index contributed by atoms with van der Waals surface area (Å²) in [7, 11) is -4.64. The minimum absolute atomic E-state index is 0. The maximum Gasteiger partial charge on any atom is 1.00 e. The van der Waals surface area contributed by atoms with Crippen molar-refractivity contribution in [3.05, 3.63) is 29.8 Å². The molecule has 0 bridgehead atoms. The summed E-state index contributed by atoms with van der Waals surface area (Å²) >= 11 is 0. The van der Waals surface area contributed by atoms with Crippen LogP contribution in [0.3, 0.4) is 0 Å². The van der Waals surface area contributed by atoms with E-state index in [-0.39, 0.29) is 74.1 Å². The number of aliphatic carboxylic acids is 1. The van der Waals surface area contributed by atoms with Crippen molar-refractivity contribution in [3.8, 4) is 5.75 Å². The Morgan fingerprint density at radius 1 is 1.20 bits per heavy atom. The molecule has 1 aromatic carbocycles. The summed E-state index contributed by atoms with van der Waals surface area (Å²) in [5, 5.41) is 17.5. The maximum atomic E-state index is 10.4. The number of phosphoric acid groups is 1. The molecule has 0 fully saturated rings. The third-order valence-corrected chi connectivity index (χ3v) is 1.71. The van der Waals surface area contributed by atoms with E-state index in [1.54, 1.807) is 12.1 Å². The Morgan fingerprint density at radius 3 is 1.85 bits per heavy atom. The van der Waals surface area contributed by atoms with Crippen molar-refractivity contribution in [2.75, 3.05) is 0 Å². The smallest absolute Gasteiger partial charge is 1.00 e. The van der Waals surface area contributed by atoms with Crippen LogP contribution >= 0.6 is 7.82 Å². The predicted octanol–water partition coefficient (Wildman–Crippen LogP) is -6.35. The van der Waals surface area contributed by atoms with Crippen LogP contribution in [0.15, 0.2) is 24.3 Å². The van der Waals surface area contributed by atoms with Crippen molar-refractivity contribution in [2.24, 2.45) is 5.73 Å². The summed E-state index contributed by atoms with van der Waals surface area (Å²) in [5.74, 6) is -0.860. The Labute approximate surface area is 162 Å². The van der Waals surface area contributed by atoms with Crippen LogP contribution in [0.25, 0.3) is 0 Å². The third kappa shape index (κ3) is 16.6. The number of hydrogen-bond donors (Lipinski definition) is 6. The van der Waals surface area contributed by atoms with E-state index in [9.17, 15) is 4.79 Å². The first kappa shape index (κ1) is 25.5. The van der Waals surface area contributed by atoms with Gasteiger partial charge in [-0.2, -0.15) is 0 Å². The van der Waals surface area contributed by atoms with Crippen LogP contribution in [-0.4, -0.2) is 36.9 Å². The quantitative estimate of drug-likeness (QED) is 0.236. The molecule has 0 unspecified atom stereocenters. The number of carboxylic acid groups (broad SMARTS) is 1. The summed E-state index contributed by atoms with van der Waals surface area (Å²) in [6.45, 7) is 0. The predicted molar refractivity (Wildman–Crippen MR) is 63.9 cm³/mol. The molecule has 1 atom stereocenters. The van der Waals surface area contributed by atoms with Crippen LogP contribution in [0.5, 0.6) is 5.75 Å². The van der Waals surface area contributed by atoms with Gasteiger partial charge in [0.2, 0.25) is 0 Å². The normalized spacial score (nSPS) is 11.0. The molecule has 0 saturated carbocycles. The van der Waals surface area contributed by atoms with E-state index in [0.717, 1.165) is 5.56 Å². The fourth-order valence-electron chi connectivity index (χ4n) is 0.973. The van der Waals surface area contributed by atoms with Crippen LogP contribution in [0.1, 0.15) is 8.42 Å². The Balaban J connectivity index is -0.0000000952. The fourth-order valence-corrected chi connectivity index (χ4v) is 0.973. The molecule has 20 heavy (non-hydrogen) atoms. The van der Waals surface area contributed by atoms with Gasteiger partial charge in [-0.1, -0.05) is 12.1 Å². The van der Waals surface area contributed by atoms with Gasteiger partial charge in [0, 0.05) is 0 Å². The number of carbonyl (C=O) groups is 1. The number of phenolic OH excluding ortho intramolecular Hbond substituents is 1. The van der Waals surface area contributed by atoms with Gasteiger partial charge in [0.15, 0.2) is 0 Å². The van der Waals surface area contributed by atoms with Crippen molar-refractivity contribution < 1.29 is 96.2 Å². The summed E-state index contributed by atoms with van der Waals surface area (Å²) in [4.78, 5) is 32.0. The maximum absolute atomic E-state index is 10.4. The number of benzene rings is 1. The van der Waals surface area contributed by atoms with E-state index in [4.69, 9.17) is 35.2 Å². The van der Waals surface area contributed by atoms with Gasteiger partial charge in [-0.25, -0.2) is 4.57 Å². The van der Waals surface area contributed by atoms with E-state index in [1.807, 2.05) is 0 Å². The summed E-state index contributed by atoms with van der Waals surface area (Å²) in [6, 6.07) is 5.42. The van der Waals surface area contributed by atoms with Crippen molar-refractivity contribution in [3.63, 3.8) is 0 Å². The second-order valence-corrected chi connectivity index (χ2v) is 4.36. The first-order chi connectivity index (χ1) is 8.09. The molecule has 0 amide bonds. The SMILES string of the molecule is N[C@@H](Cc1ccc(O)cc1)C(=O)O.O=P(O)(O)O.[H-].[H-].[Na+].[Na+]. The number of rotatable bonds is 3. The van der Waals surface area contributed by atoms with E-state index >= 15 is 0 Å². The Hall–Kier alpha value is 0.560. The summed E-state index contributed by atoms with van der Waals surface area (Å²) < 4.78 is 8.88. The number of phenols is 1. The molecule has 0 saturated heterocycles. The molecular weight excluding hydrogens is 311 g/mol. The van der Waals surface area contributed by atoms with Crippen LogP contribution in [-0.2, 0) is 15.8 Å². The second kappa shape index (κ2) is 12.1. The Bertz CT molecular complexity index is 438. The topological polar surface area (TPSA) is 161 Å². The van der Waals surface area contributed by atoms with Gasteiger partial charge in [0.25, 0.3) is 0 Å². The molecule has 8 nitrogen and oxygen atoms in total. The van der Waals surface area contributed by atoms with Gasteiger partial charge in [-0.15, -0.1) is 0 Å². The molecule has 0 aliphatic rings. The van der Waals surface area contributed by atoms with Crippen LogP contribution < -0.4 is 64.8 Å². The minimum atomic E-state index is -4.64. The van der Waals surface area contributed by atoms with Gasteiger partial charge in [-0.3, -0.25) is 4.79 Å². The van der Waals surface area contributed by atoms with Crippen molar-refractivity contribution in [1.29, 1.82) is 0 Å². The largest absolute Gasteiger partial charge is 1.00 e. The van der Waals surface area contributed by atoms with Gasteiger partial charge in [0.05, 0.1) is 0 Å². The summed E-state index contributed by atoms with van der Waals surface area (Å²) in [5.41, 5.74) is 6.12. The van der Waals surface area contributed by atoms with Gasteiger partial charge >= 0.3 is 72.9 Å². The standard InChI is InChI=1S/C9H11NO3.2Na.H3O4P.2H/c10-8(9(12)13)5-6-1-3-7(11)4-2-6;;;1-5(2,3)4;;/h1-4,8,11H,5,10H2,(H,12,13);;;(H3,1,2,3,4);;/q;2*+1;;2*-1/t8-;;;;;/m0...../s1. The molecule has 0 aliphatic heterocycles. The molecule has 0 spiro atoms. The van der Waals surface area contributed by atoms with Crippen molar-refractivity contribution in [2.45, 2.75) is 12.5 Å². The van der Waals surface area contributed by atoms with Crippen LogP contribution in [0.2, 0.25) is 0 Å². The van der Waals surface area contributed by atoms with E-state index in [2.05, 4.69) is 0 Å².